The molecule has 0 saturated carbocycles. The number of aromatic nitrogens is 2. The number of carbonyl (C=O) groups excluding carboxylic acids is 2. The number of amides is 2. The number of hydrogen-bond acceptors (Lipinski definition) is 5. The molecule has 3 rings (SSSR count). The zero-order valence-electron chi connectivity index (χ0n) is 15.3. The van der Waals surface area contributed by atoms with Crippen LogP contribution in [0.25, 0.3) is 10.2 Å². The first-order valence-corrected chi connectivity index (χ1v) is 9.67. The lowest BCUT2D eigenvalue weighted by atomic mass is 9.89. The van der Waals surface area contributed by atoms with Gasteiger partial charge in [-0.1, -0.05) is 6.92 Å². The standard InChI is InChI=1S/C18H24N4O3S/c1-10-4-5-11-12(8-10)26-18-16(11)17(25)20-13(21-18)6-7-14(23)19-9-15(24)22(2)3/h10H,4-9H2,1-3H3,(H,19,23)(H,20,21,25)/t10-/m0/s1. The van der Waals surface area contributed by atoms with E-state index in [-0.39, 0.29) is 30.3 Å². The third-order valence-electron chi connectivity index (χ3n) is 4.74. The fraction of sp³-hybridized carbons (Fsp3) is 0.556. The summed E-state index contributed by atoms with van der Waals surface area (Å²) in [4.78, 5) is 46.7. The average molecular weight is 376 g/mol. The first kappa shape index (κ1) is 18.6. The van der Waals surface area contributed by atoms with Crippen LogP contribution < -0.4 is 10.9 Å². The van der Waals surface area contributed by atoms with E-state index in [2.05, 4.69) is 22.2 Å². The maximum Gasteiger partial charge on any atom is 0.259 e. The van der Waals surface area contributed by atoms with Gasteiger partial charge in [0.25, 0.3) is 5.56 Å². The number of thiophene rings is 1. The van der Waals surface area contributed by atoms with E-state index in [9.17, 15) is 14.4 Å². The minimum Gasteiger partial charge on any atom is -0.347 e. The Balaban J connectivity index is 1.69. The van der Waals surface area contributed by atoms with Gasteiger partial charge < -0.3 is 15.2 Å². The van der Waals surface area contributed by atoms with Crippen LogP contribution in [-0.2, 0) is 28.9 Å². The molecule has 26 heavy (non-hydrogen) atoms. The average Bonchev–Trinajstić information content (AvgIpc) is 2.95. The van der Waals surface area contributed by atoms with Crippen LogP contribution >= 0.6 is 11.3 Å². The molecule has 0 aromatic carbocycles. The minimum absolute atomic E-state index is 0.0232. The van der Waals surface area contributed by atoms with Gasteiger partial charge >= 0.3 is 0 Å². The van der Waals surface area contributed by atoms with Crippen LogP contribution in [-0.4, -0.2) is 47.3 Å². The molecular weight excluding hydrogens is 352 g/mol. The van der Waals surface area contributed by atoms with E-state index in [4.69, 9.17) is 0 Å². The first-order valence-electron chi connectivity index (χ1n) is 8.85. The molecule has 0 saturated heterocycles. The second kappa shape index (κ2) is 7.57. The second-order valence-electron chi connectivity index (χ2n) is 7.11. The Kier molecular flexibility index (Phi) is 5.41. The zero-order valence-corrected chi connectivity index (χ0v) is 16.2. The lowest BCUT2D eigenvalue weighted by Crippen LogP contribution is -2.36. The van der Waals surface area contributed by atoms with Crippen LogP contribution in [0.15, 0.2) is 4.79 Å². The van der Waals surface area contributed by atoms with E-state index in [1.807, 2.05) is 0 Å². The monoisotopic (exact) mass is 376 g/mol. The molecule has 0 radical (unpaired) electrons. The molecule has 7 nitrogen and oxygen atoms in total. The van der Waals surface area contributed by atoms with Gasteiger partial charge in [-0.15, -0.1) is 11.3 Å². The molecule has 0 aliphatic heterocycles. The molecule has 1 aliphatic rings. The number of hydrogen-bond donors (Lipinski definition) is 2. The molecule has 2 heterocycles. The summed E-state index contributed by atoms with van der Waals surface area (Å²) >= 11 is 1.60. The van der Waals surface area contributed by atoms with Crippen molar-refractivity contribution in [2.24, 2.45) is 5.92 Å². The molecule has 2 amide bonds. The van der Waals surface area contributed by atoms with Gasteiger partial charge in [-0.2, -0.15) is 0 Å². The Bertz CT molecular complexity index is 900. The largest absolute Gasteiger partial charge is 0.347 e. The Morgan fingerprint density at radius 1 is 1.38 bits per heavy atom. The quantitative estimate of drug-likeness (QED) is 0.821. The summed E-state index contributed by atoms with van der Waals surface area (Å²) in [5, 5.41) is 3.31. The highest BCUT2D eigenvalue weighted by molar-refractivity contribution is 7.18. The number of aryl methyl sites for hydroxylation is 2. The molecular formula is C18H24N4O3S. The Morgan fingerprint density at radius 3 is 2.88 bits per heavy atom. The molecule has 2 aromatic rings. The van der Waals surface area contributed by atoms with Crippen molar-refractivity contribution in [2.75, 3.05) is 20.6 Å². The fourth-order valence-electron chi connectivity index (χ4n) is 3.16. The number of rotatable bonds is 5. The van der Waals surface area contributed by atoms with E-state index in [1.54, 1.807) is 25.4 Å². The summed E-state index contributed by atoms with van der Waals surface area (Å²) < 4.78 is 0. The molecule has 0 bridgehead atoms. The van der Waals surface area contributed by atoms with Crippen molar-refractivity contribution in [3.05, 3.63) is 26.6 Å². The zero-order chi connectivity index (χ0) is 18.8. The highest BCUT2D eigenvalue weighted by Crippen LogP contribution is 2.35. The summed E-state index contributed by atoms with van der Waals surface area (Å²) in [5.41, 5.74) is 1.04. The third kappa shape index (κ3) is 3.95. The fourth-order valence-corrected chi connectivity index (χ4v) is 4.57. The number of nitrogens with zero attached hydrogens (tertiary/aromatic N) is 2. The van der Waals surface area contributed by atoms with Crippen LogP contribution in [0.2, 0.25) is 0 Å². The number of fused-ring (bicyclic) bond motifs is 3. The van der Waals surface area contributed by atoms with Gasteiger partial charge in [0.15, 0.2) is 0 Å². The molecule has 8 heteroatoms. The predicted molar refractivity (Wildman–Crippen MR) is 101 cm³/mol. The molecule has 2 N–H and O–H groups in total. The van der Waals surface area contributed by atoms with Crippen LogP contribution in [0.3, 0.4) is 0 Å². The third-order valence-corrected chi connectivity index (χ3v) is 5.89. The van der Waals surface area contributed by atoms with Crippen molar-refractivity contribution in [1.82, 2.24) is 20.2 Å². The molecule has 140 valence electrons. The van der Waals surface area contributed by atoms with Gasteiger partial charge in [0.2, 0.25) is 11.8 Å². The Morgan fingerprint density at radius 2 is 2.15 bits per heavy atom. The van der Waals surface area contributed by atoms with E-state index >= 15 is 0 Å². The van der Waals surface area contributed by atoms with Gasteiger partial charge in [-0.05, 0) is 30.7 Å². The normalized spacial score (nSPS) is 16.3. The summed E-state index contributed by atoms with van der Waals surface area (Å²) in [6, 6.07) is 0. The number of nitrogens with one attached hydrogen (secondary N) is 2. The maximum absolute atomic E-state index is 12.5. The van der Waals surface area contributed by atoms with Crippen LogP contribution in [0.1, 0.15) is 36.0 Å². The molecule has 1 atom stereocenters. The highest BCUT2D eigenvalue weighted by atomic mass is 32.1. The molecule has 0 fully saturated rings. The summed E-state index contributed by atoms with van der Waals surface area (Å²) in [7, 11) is 3.28. The Hall–Kier alpha value is -2.22. The van der Waals surface area contributed by atoms with Crippen molar-refractivity contribution < 1.29 is 9.59 Å². The lowest BCUT2D eigenvalue weighted by molar-refractivity contribution is -0.130. The van der Waals surface area contributed by atoms with Gasteiger partial charge in [-0.25, -0.2) is 4.98 Å². The van der Waals surface area contributed by atoms with Crippen molar-refractivity contribution in [3.8, 4) is 0 Å². The van der Waals surface area contributed by atoms with Crippen molar-refractivity contribution >= 4 is 33.4 Å². The van der Waals surface area contributed by atoms with Gasteiger partial charge in [-0.3, -0.25) is 14.4 Å². The number of H-pyrrole nitrogens is 1. The molecule has 0 spiro atoms. The van der Waals surface area contributed by atoms with Crippen molar-refractivity contribution in [1.29, 1.82) is 0 Å². The van der Waals surface area contributed by atoms with Crippen LogP contribution in [0.4, 0.5) is 0 Å². The minimum atomic E-state index is -0.234. The van der Waals surface area contributed by atoms with Crippen LogP contribution in [0.5, 0.6) is 0 Å². The van der Waals surface area contributed by atoms with Crippen molar-refractivity contribution in [3.63, 3.8) is 0 Å². The van der Waals surface area contributed by atoms with E-state index < -0.39 is 0 Å². The van der Waals surface area contributed by atoms with E-state index in [0.29, 0.717) is 18.2 Å². The molecule has 1 aliphatic carbocycles. The second-order valence-corrected chi connectivity index (χ2v) is 8.19. The topological polar surface area (TPSA) is 95.2 Å². The summed E-state index contributed by atoms with van der Waals surface area (Å²) in [6.07, 6.45) is 3.56. The maximum atomic E-state index is 12.5. The molecule has 2 aromatic heterocycles. The van der Waals surface area contributed by atoms with Gasteiger partial charge in [0.05, 0.1) is 11.9 Å². The number of aromatic amines is 1. The molecule has 0 unspecified atom stereocenters. The Labute approximate surface area is 155 Å². The van der Waals surface area contributed by atoms with Gasteiger partial charge in [0, 0.05) is 31.8 Å². The summed E-state index contributed by atoms with van der Waals surface area (Å²) in [5.74, 6) is 0.762. The van der Waals surface area contributed by atoms with E-state index in [0.717, 1.165) is 35.0 Å². The van der Waals surface area contributed by atoms with Gasteiger partial charge in [0.1, 0.15) is 10.7 Å². The smallest absolute Gasteiger partial charge is 0.259 e. The lowest BCUT2D eigenvalue weighted by Gasteiger charge is -2.17. The number of carbonyl (C=O) groups is 2. The van der Waals surface area contributed by atoms with Crippen LogP contribution in [0, 0.1) is 5.92 Å². The highest BCUT2D eigenvalue weighted by Gasteiger charge is 2.23. The van der Waals surface area contributed by atoms with E-state index in [1.165, 1.54) is 9.78 Å². The number of likely N-dealkylation sites (N-methyl/N-ethyl adjacent to an activating group) is 1. The van der Waals surface area contributed by atoms with Crippen molar-refractivity contribution in [2.45, 2.75) is 39.0 Å². The predicted octanol–water partition coefficient (Wildman–Crippen LogP) is 1.25. The first-order chi connectivity index (χ1) is 12.3. The SMILES string of the molecule is C[C@H]1CCc2c(sc3nc(CCC(=O)NCC(=O)N(C)C)[nH]c(=O)c23)C1. The summed E-state index contributed by atoms with van der Waals surface area (Å²) in [6.45, 7) is 2.21.